The quantitative estimate of drug-likeness (QED) is 0.884. The molecule has 2 aromatic carbocycles. The van der Waals surface area contributed by atoms with Gasteiger partial charge in [0.2, 0.25) is 5.91 Å². The molecule has 0 bridgehead atoms. The summed E-state index contributed by atoms with van der Waals surface area (Å²) in [5.74, 6) is 0.693. The van der Waals surface area contributed by atoms with E-state index in [1.165, 1.54) is 0 Å². The number of rotatable bonds is 4. The number of benzene rings is 2. The Labute approximate surface area is 111 Å². The van der Waals surface area contributed by atoms with Crippen molar-refractivity contribution >= 4 is 5.91 Å². The van der Waals surface area contributed by atoms with Crippen molar-refractivity contribution < 1.29 is 14.6 Å². The van der Waals surface area contributed by atoms with Crippen molar-refractivity contribution in [3.8, 4) is 11.5 Å². The third kappa shape index (κ3) is 3.11. The van der Waals surface area contributed by atoms with Crippen LogP contribution in [0.3, 0.4) is 0 Å². The summed E-state index contributed by atoms with van der Waals surface area (Å²) >= 11 is 0. The minimum Gasteiger partial charge on any atom is -0.457 e. The third-order valence-electron chi connectivity index (χ3n) is 2.74. The van der Waals surface area contributed by atoms with Crippen molar-refractivity contribution in [3.63, 3.8) is 0 Å². The SMILES string of the molecule is C[C@H](O)c1ccccc1Oc1ccc(C(N)=O)cc1. The highest BCUT2D eigenvalue weighted by molar-refractivity contribution is 5.92. The number of primary amides is 1. The van der Waals surface area contributed by atoms with E-state index in [2.05, 4.69) is 0 Å². The molecule has 0 unspecified atom stereocenters. The van der Waals surface area contributed by atoms with E-state index in [4.69, 9.17) is 10.5 Å². The first kappa shape index (κ1) is 13.1. The topological polar surface area (TPSA) is 72.6 Å². The lowest BCUT2D eigenvalue weighted by molar-refractivity contribution is 0.100. The van der Waals surface area contributed by atoms with Gasteiger partial charge in [0.25, 0.3) is 0 Å². The number of aliphatic hydroxyl groups is 1. The molecule has 98 valence electrons. The van der Waals surface area contributed by atoms with Crippen LogP contribution >= 0.6 is 0 Å². The molecule has 0 aliphatic carbocycles. The zero-order valence-electron chi connectivity index (χ0n) is 10.5. The number of ether oxygens (including phenoxy) is 1. The standard InChI is InChI=1S/C15H15NO3/c1-10(17)13-4-2-3-5-14(13)19-12-8-6-11(7-9-12)15(16)18/h2-10,17H,1H3,(H2,16,18)/t10-/m0/s1. The van der Waals surface area contributed by atoms with E-state index < -0.39 is 12.0 Å². The number of carbonyl (C=O) groups is 1. The van der Waals surface area contributed by atoms with Crippen LogP contribution in [-0.2, 0) is 0 Å². The summed E-state index contributed by atoms with van der Waals surface area (Å²) in [4.78, 5) is 11.0. The van der Waals surface area contributed by atoms with Crippen molar-refractivity contribution in [1.29, 1.82) is 0 Å². The average molecular weight is 257 g/mol. The molecule has 0 spiro atoms. The molecule has 0 fully saturated rings. The van der Waals surface area contributed by atoms with Crippen LogP contribution in [0.2, 0.25) is 0 Å². The second kappa shape index (κ2) is 5.54. The average Bonchev–Trinajstić information content (AvgIpc) is 2.39. The van der Waals surface area contributed by atoms with Gasteiger partial charge in [0.05, 0.1) is 6.10 Å². The Morgan fingerprint density at radius 2 is 1.79 bits per heavy atom. The lowest BCUT2D eigenvalue weighted by Crippen LogP contribution is -2.10. The maximum absolute atomic E-state index is 11.0. The highest BCUT2D eigenvalue weighted by atomic mass is 16.5. The highest BCUT2D eigenvalue weighted by Gasteiger charge is 2.09. The summed E-state index contributed by atoms with van der Waals surface area (Å²) in [6, 6.07) is 13.8. The van der Waals surface area contributed by atoms with E-state index in [9.17, 15) is 9.90 Å². The van der Waals surface area contributed by atoms with Crippen molar-refractivity contribution in [3.05, 3.63) is 59.7 Å². The molecule has 0 aliphatic rings. The number of aliphatic hydroxyl groups excluding tert-OH is 1. The van der Waals surface area contributed by atoms with Gasteiger partial charge in [-0.05, 0) is 37.3 Å². The fraction of sp³-hybridized carbons (Fsp3) is 0.133. The van der Waals surface area contributed by atoms with Gasteiger partial charge in [-0.1, -0.05) is 18.2 Å². The number of hydrogen-bond acceptors (Lipinski definition) is 3. The van der Waals surface area contributed by atoms with E-state index in [1.54, 1.807) is 43.3 Å². The Balaban J connectivity index is 2.24. The van der Waals surface area contributed by atoms with Gasteiger partial charge in [-0.2, -0.15) is 0 Å². The smallest absolute Gasteiger partial charge is 0.248 e. The van der Waals surface area contributed by atoms with Gasteiger partial charge < -0.3 is 15.6 Å². The van der Waals surface area contributed by atoms with Crippen molar-refractivity contribution in [2.24, 2.45) is 5.73 Å². The predicted molar refractivity (Wildman–Crippen MR) is 72.1 cm³/mol. The van der Waals surface area contributed by atoms with E-state index >= 15 is 0 Å². The monoisotopic (exact) mass is 257 g/mol. The summed E-state index contributed by atoms with van der Waals surface area (Å²) in [6.07, 6.45) is -0.610. The Kier molecular flexibility index (Phi) is 3.82. The predicted octanol–water partition coefficient (Wildman–Crippen LogP) is 2.63. The maximum Gasteiger partial charge on any atom is 0.248 e. The fourth-order valence-electron chi connectivity index (χ4n) is 1.73. The molecule has 1 atom stereocenters. The van der Waals surface area contributed by atoms with Crippen LogP contribution in [-0.4, -0.2) is 11.0 Å². The Morgan fingerprint density at radius 3 is 2.37 bits per heavy atom. The molecule has 2 aromatic rings. The summed E-state index contributed by atoms with van der Waals surface area (Å²) < 4.78 is 5.69. The van der Waals surface area contributed by atoms with Crippen LogP contribution in [0.5, 0.6) is 11.5 Å². The lowest BCUT2D eigenvalue weighted by Gasteiger charge is -2.12. The molecule has 1 amide bonds. The van der Waals surface area contributed by atoms with Crippen LogP contribution in [0.1, 0.15) is 28.9 Å². The zero-order chi connectivity index (χ0) is 13.8. The molecule has 0 aliphatic heterocycles. The molecule has 0 heterocycles. The van der Waals surface area contributed by atoms with Gasteiger partial charge >= 0.3 is 0 Å². The first-order chi connectivity index (χ1) is 9.08. The van der Waals surface area contributed by atoms with Gasteiger partial charge in [-0.15, -0.1) is 0 Å². The number of amides is 1. The van der Waals surface area contributed by atoms with Gasteiger partial charge in [0, 0.05) is 11.1 Å². The summed E-state index contributed by atoms with van der Waals surface area (Å²) in [7, 11) is 0. The van der Waals surface area contributed by atoms with Crippen molar-refractivity contribution in [2.45, 2.75) is 13.0 Å². The van der Waals surface area contributed by atoms with Crippen LogP contribution in [0.15, 0.2) is 48.5 Å². The number of hydrogen-bond donors (Lipinski definition) is 2. The minimum absolute atomic E-state index is 0.427. The molecule has 4 heteroatoms. The largest absolute Gasteiger partial charge is 0.457 e. The molecular weight excluding hydrogens is 242 g/mol. The van der Waals surface area contributed by atoms with E-state index in [0.29, 0.717) is 22.6 Å². The van der Waals surface area contributed by atoms with Gasteiger partial charge in [-0.3, -0.25) is 4.79 Å². The molecule has 3 N–H and O–H groups in total. The normalized spacial score (nSPS) is 11.9. The van der Waals surface area contributed by atoms with E-state index in [-0.39, 0.29) is 0 Å². The third-order valence-corrected chi connectivity index (χ3v) is 2.74. The van der Waals surface area contributed by atoms with Crippen LogP contribution in [0, 0.1) is 0 Å². The van der Waals surface area contributed by atoms with E-state index in [1.807, 2.05) is 12.1 Å². The number of carbonyl (C=O) groups excluding carboxylic acids is 1. The summed E-state index contributed by atoms with van der Waals surface area (Å²) in [5.41, 5.74) is 6.30. The molecule has 0 saturated carbocycles. The van der Waals surface area contributed by atoms with Crippen LogP contribution in [0.25, 0.3) is 0 Å². The Bertz CT molecular complexity index is 576. The minimum atomic E-state index is -0.610. The second-order valence-corrected chi connectivity index (χ2v) is 4.20. The molecule has 0 radical (unpaired) electrons. The van der Waals surface area contributed by atoms with Crippen LogP contribution < -0.4 is 10.5 Å². The highest BCUT2D eigenvalue weighted by Crippen LogP contribution is 2.29. The Hall–Kier alpha value is -2.33. The molecule has 2 rings (SSSR count). The Morgan fingerprint density at radius 1 is 1.16 bits per heavy atom. The molecule has 19 heavy (non-hydrogen) atoms. The molecular formula is C15H15NO3. The van der Waals surface area contributed by atoms with Crippen LogP contribution in [0.4, 0.5) is 0 Å². The van der Waals surface area contributed by atoms with Gasteiger partial charge in [-0.25, -0.2) is 0 Å². The molecule has 4 nitrogen and oxygen atoms in total. The molecule has 0 aromatic heterocycles. The van der Waals surface area contributed by atoms with Crippen molar-refractivity contribution in [1.82, 2.24) is 0 Å². The zero-order valence-corrected chi connectivity index (χ0v) is 10.5. The first-order valence-corrected chi connectivity index (χ1v) is 5.92. The van der Waals surface area contributed by atoms with Crippen molar-refractivity contribution in [2.75, 3.05) is 0 Å². The van der Waals surface area contributed by atoms with E-state index in [0.717, 1.165) is 0 Å². The molecule has 0 saturated heterocycles. The first-order valence-electron chi connectivity index (χ1n) is 5.92. The lowest BCUT2D eigenvalue weighted by atomic mass is 10.1. The van der Waals surface area contributed by atoms with Gasteiger partial charge in [0.1, 0.15) is 11.5 Å². The number of nitrogens with two attached hydrogens (primary N) is 1. The number of para-hydroxylation sites is 1. The summed E-state index contributed by atoms with van der Waals surface area (Å²) in [5, 5.41) is 9.66. The van der Waals surface area contributed by atoms with Gasteiger partial charge in [0.15, 0.2) is 0 Å². The summed E-state index contributed by atoms with van der Waals surface area (Å²) in [6.45, 7) is 1.68. The maximum atomic E-state index is 11.0. The fourth-order valence-corrected chi connectivity index (χ4v) is 1.73. The second-order valence-electron chi connectivity index (χ2n) is 4.20.